The molecule has 1 rings (SSSR count). The lowest BCUT2D eigenvalue weighted by molar-refractivity contribution is -0.148. The van der Waals surface area contributed by atoms with Crippen molar-refractivity contribution in [3.8, 4) is 0 Å². The minimum absolute atomic E-state index is 0.608. The third kappa shape index (κ3) is 3.05. The molecular formula is C12H17NO2. The van der Waals surface area contributed by atoms with E-state index >= 15 is 0 Å². The van der Waals surface area contributed by atoms with Crippen molar-refractivity contribution in [2.45, 2.75) is 33.1 Å². The fraction of sp³-hybridized carbons (Fsp3) is 0.500. The van der Waals surface area contributed by atoms with Gasteiger partial charge in [-0.05, 0) is 43.9 Å². The number of hydrogen-bond donors (Lipinski definition) is 1. The van der Waals surface area contributed by atoms with Crippen LogP contribution < -0.4 is 0 Å². The van der Waals surface area contributed by atoms with E-state index < -0.39 is 11.4 Å². The molecule has 3 nitrogen and oxygen atoms in total. The Morgan fingerprint density at radius 3 is 2.53 bits per heavy atom. The SMILES string of the molecule is CCC(C)(CCc1ccncc1)C(=O)O. The molecule has 0 fully saturated rings. The van der Waals surface area contributed by atoms with Gasteiger partial charge in [-0.15, -0.1) is 0 Å². The molecule has 1 aromatic heterocycles. The molecule has 0 aromatic carbocycles. The van der Waals surface area contributed by atoms with Crippen LogP contribution in [-0.4, -0.2) is 16.1 Å². The molecule has 1 unspecified atom stereocenters. The smallest absolute Gasteiger partial charge is 0.309 e. The van der Waals surface area contributed by atoms with E-state index in [9.17, 15) is 4.79 Å². The minimum Gasteiger partial charge on any atom is -0.481 e. The summed E-state index contributed by atoms with van der Waals surface area (Å²) in [4.78, 5) is 15.0. The molecule has 1 atom stereocenters. The van der Waals surface area contributed by atoms with Gasteiger partial charge in [-0.1, -0.05) is 6.92 Å². The van der Waals surface area contributed by atoms with Gasteiger partial charge in [0, 0.05) is 12.4 Å². The molecule has 82 valence electrons. The lowest BCUT2D eigenvalue weighted by Gasteiger charge is -2.22. The van der Waals surface area contributed by atoms with Crippen molar-refractivity contribution < 1.29 is 9.90 Å². The van der Waals surface area contributed by atoms with Gasteiger partial charge in [0.05, 0.1) is 5.41 Å². The highest BCUT2D eigenvalue weighted by Gasteiger charge is 2.30. The highest BCUT2D eigenvalue weighted by atomic mass is 16.4. The van der Waals surface area contributed by atoms with Crippen LogP contribution >= 0.6 is 0 Å². The first-order valence-corrected chi connectivity index (χ1v) is 5.21. The van der Waals surface area contributed by atoms with Gasteiger partial charge in [0.1, 0.15) is 0 Å². The van der Waals surface area contributed by atoms with Crippen LogP contribution in [0.1, 0.15) is 32.3 Å². The Balaban J connectivity index is 2.59. The van der Waals surface area contributed by atoms with Gasteiger partial charge < -0.3 is 5.11 Å². The first-order chi connectivity index (χ1) is 7.08. The van der Waals surface area contributed by atoms with E-state index in [4.69, 9.17) is 5.11 Å². The van der Waals surface area contributed by atoms with Crippen molar-refractivity contribution in [1.82, 2.24) is 4.98 Å². The zero-order chi connectivity index (χ0) is 11.3. The molecule has 0 aliphatic carbocycles. The predicted octanol–water partition coefficient (Wildman–Crippen LogP) is 2.52. The Hall–Kier alpha value is -1.38. The van der Waals surface area contributed by atoms with E-state index in [2.05, 4.69) is 4.98 Å². The van der Waals surface area contributed by atoms with Crippen LogP contribution in [0.3, 0.4) is 0 Å². The quantitative estimate of drug-likeness (QED) is 0.807. The number of hydrogen-bond acceptors (Lipinski definition) is 2. The largest absolute Gasteiger partial charge is 0.481 e. The molecule has 0 saturated carbocycles. The fourth-order valence-electron chi connectivity index (χ4n) is 1.40. The maximum atomic E-state index is 11.1. The summed E-state index contributed by atoms with van der Waals surface area (Å²) < 4.78 is 0. The minimum atomic E-state index is -0.709. The Kier molecular flexibility index (Phi) is 3.83. The molecule has 0 radical (unpaired) electrons. The Morgan fingerprint density at radius 2 is 2.07 bits per heavy atom. The summed E-state index contributed by atoms with van der Waals surface area (Å²) in [6, 6.07) is 3.86. The van der Waals surface area contributed by atoms with Gasteiger partial charge >= 0.3 is 5.97 Å². The van der Waals surface area contributed by atoms with Gasteiger partial charge in [0.2, 0.25) is 0 Å². The number of rotatable bonds is 5. The molecule has 0 amide bonds. The van der Waals surface area contributed by atoms with Crippen LogP contribution in [-0.2, 0) is 11.2 Å². The first kappa shape index (κ1) is 11.7. The summed E-state index contributed by atoms with van der Waals surface area (Å²) in [5.41, 5.74) is 0.537. The van der Waals surface area contributed by atoms with Crippen LogP contribution in [0.5, 0.6) is 0 Å². The maximum Gasteiger partial charge on any atom is 0.309 e. The third-order valence-corrected chi connectivity index (χ3v) is 3.01. The number of aliphatic carboxylic acids is 1. The third-order valence-electron chi connectivity index (χ3n) is 3.01. The summed E-state index contributed by atoms with van der Waals surface area (Å²) in [5.74, 6) is -0.709. The number of carboxylic acid groups (broad SMARTS) is 1. The van der Waals surface area contributed by atoms with Gasteiger partial charge in [0.25, 0.3) is 0 Å². The molecule has 3 heteroatoms. The number of aromatic nitrogens is 1. The zero-order valence-electron chi connectivity index (χ0n) is 9.23. The van der Waals surface area contributed by atoms with E-state index in [-0.39, 0.29) is 0 Å². The van der Waals surface area contributed by atoms with E-state index in [0.717, 1.165) is 12.0 Å². The summed E-state index contributed by atoms with van der Waals surface area (Å²) >= 11 is 0. The molecule has 1 heterocycles. The summed E-state index contributed by atoms with van der Waals surface area (Å²) in [6.07, 6.45) is 5.59. The lowest BCUT2D eigenvalue weighted by Crippen LogP contribution is -2.27. The van der Waals surface area contributed by atoms with Gasteiger partial charge in [-0.3, -0.25) is 9.78 Å². The second-order valence-electron chi connectivity index (χ2n) is 4.07. The van der Waals surface area contributed by atoms with Crippen LogP contribution in [0.15, 0.2) is 24.5 Å². The molecule has 0 bridgehead atoms. The van der Waals surface area contributed by atoms with Crippen LogP contribution in [0.25, 0.3) is 0 Å². The van der Waals surface area contributed by atoms with Gasteiger partial charge in [0.15, 0.2) is 0 Å². The summed E-state index contributed by atoms with van der Waals surface area (Å²) in [5, 5.41) is 9.10. The molecule has 0 saturated heterocycles. The zero-order valence-corrected chi connectivity index (χ0v) is 9.23. The van der Waals surface area contributed by atoms with E-state index in [1.54, 1.807) is 19.3 Å². The summed E-state index contributed by atoms with van der Waals surface area (Å²) in [7, 11) is 0. The Morgan fingerprint density at radius 1 is 1.47 bits per heavy atom. The van der Waals surface area contributed by atoms with Crippen molar-refractivity contribution in [3.63, 3.8) is 0 Å². The number of pyridine rings is 1. The number of nitrogens with zero attached hydrogens (tertiary/aromatic N) is 1. The first-order valence-electron chi connectivity index (χ1n) is 5.21. The van der Waals surface area contributed by atoms with Crippen molar-refractivity contribution in [3.05, 3.63) is 30.1 Å². The van der Waals surface area contributed by atoms with Gasteiger partial charge in [-0.2, -0.15) is 0 Å². The Bertz CT molecular complexity index is 324. The van der Waals surface area contributed by atoms with E-state index in [0.29, 0.717) is 12.8 Å². The predicted molar refractivity (Wildman–Crippen MR) is 58.6 cm³/mol. The highest BCUT2D eigenvalue weighted by Crippen LogP contribution is 2.27. The molecule has 0 aliphatic heterocycles. The molecule has 1 aromatic rings. The van der Waals surface area contributed by atoms with E-state index in [1.165, 1.54) is 0 Å². The second-order valence-corrected chi connectivity index (χ2v) is 4.07. The standard InChI is InChI=1S/C12H17NO2/c1-3-12(2,11(14)15)7-4-10-5-8-13-9-6-10/h5-6,8-9H,3-4,7H2,1-2H3,(H,14,15). The van der Waals surface area contributed by atoms with Crippen molar-refractivity contribution in [1.29, 1.82) is 0 Å². The number of aryl methyl sites for hydroxylation is 1. The summed E-state index contributed by atoms with van der Waals surface area (Å²) in [6.45, 7) is 3.72. The van der Waals surface area contributed by atoms with Crippen LogP contribution in [0, 0.1) is 5.41 Å². The van der Waals surface area contributed by atoms with E-state index in [1.807, 2.05) is 19.1 Å². The number of carbonyl (C=O) groups is 1. The lowest BCUT2D eigenvalue weighted by atomic mass is 9.82. The van der Waals surface area contributed by atoms with Crippen molar-refractivity contribution in [2.24, 2.45) is 5.41 Å². The monoisotopic (exact) mass is 207 g/mol. The molecule has 1 N–H and O–H groups in total. The Labute approximate surface area is 90.2 Å². The average Bonchev–Trinajstić information content (AvgIpc) is 2.27. The van der Waals surface area contributed by atoms with Crippen molar-refractivity contribution >= 4 is 5.97 Å². The average molecular weight is 207 g/mol. The highest BCUT2D eigenvalue weighted by molar-refractivity contribution is 5.74. The van der Waals surface area contributed by atoms with Crippen LogP contribution in [0.4, 0.5) is 0 Å². The van der Waals surface area contributed by atoms with Crippen molar-refractivity contribution in [2.75, 3.05) is 0 Å². The fourth-order valence-corrected chi connectivity index (χ4v) is 1.40. The molecule has 15 heavy (non-hydrogen) atoms. The second kappa shape index (κ2) is 4.91. The van der Waals surface area contributed by atoms with Gasteiger partial charge in [-0.25, -0.2) is 0 Å². The van der Waals surface area contributed by atoms with Crippen LogP contribution in [0.2, 0.25) is 0 Å². The normalized spacial score (nSPS) is 14.5. The molecular weight excluding hydrogens is 190 g/mol. The maximum absolute atomic E-state index is 11.1. The molecule has 0 spiro atoms. The topological polar surface area (TPSA) is 50.2 Å². The number of carboxylic acids is 1. The molecule has 0 aliphatic rings.